The Morgan fingerprint density at radius 1 is 1.39 bits per heavy atom. The highest BCUT2D eigenvalue weighted by atomic mass is 16.1. The lowest BCUT2D eigenvalue weighted by Gasteiger charge is -2.04. The number of hydrogen-bond acceptors (Lipinski definition) is 5. The van der Waals surface area contributed by atoms with Crippen molar-refractivity contribution in [1.82, 2.24) is 24.8 Å². The average molecular weight is 246 g/mol. The molecule has 0 aliphatic heterocycles. The first-order chi connectivity index (χ1) is 8.66. The van der Waals surface area contributed by atoms with Crippen molar-refractivity contribution in [2.24, 2.45) is 7.05 Å². The minimum Gasteiger partial charge on any atom is -0.382 e. The summed E-state index contributed by atoms with van der Waals surface area (Å²) in [7, 11) is 1.91. The van der Waals surface area contributed by atoms with E-state index >= 15 is 0 Å². The molecule has 0 fully saturated rings. The van der Waals surface area contributed by atoms with Gasteiger partial charge in [-0.3, -0.25) is 4.79 Å². The van der Waals surface area contributed by atoms with E-state index < -0.39 is 0 Å². The minimum atomic E-state index is -0.267. The van der Waals surface area contributed by atoms with Crippen LogP contribution >= 0.6 is 0 Å². The number of anilines is 1. The SMILES string of the molecule is Cn1ccnc1CCNC(=O)c1cnc(N)cn1. The van der Waals surface area contributed by atoms with Crippen LogP contribution in [0.3, 0.4) is 0 Å². The Bertz CT molecular complexity index is 533. The highest BCUT2D eigenvalue weighted by Crippen LogP contribution is 1.97. The van der Waals surface area contributed by atoms with Gasteiger partial charge in [-0.05, 0) is 0 Å². The molecule has 18 heavy (non-hydrogen) atoms. The third-order valence-corrected chi connectivity index (χ3v) is 2.46. The van der Waals surface area contributed by atoms with Crippen LogP contribution in [0.5, 0.6) is 0 Å². The number of amides is 1. The molecule has 0 radical (unpaired) electrons. The largest absolute Gasteiger partial charge is 0.382 e. The quantitative estimate of drug-likeness (QED) is 0.776. The lowest BCUT2D eigenvalue weighted by atomic mass is 10.3. The van der Waals surface area contributed by atoms with Crippen molar-refractivity contribution < 1.29 is 4.79 Å². The standard InChI is InChI=1S/C11H14N6O/c1-17-5-4-13-10(17)2-3-14-11(18)8-6-16-9(12)7-15-8/h4-7H,2-3H2,1H3,(H2,12,16)(H,14,18). The second kappa shape index (κ2) is 5.26. The van der Waals surface area contributed by atoms with E-state index in [1.165, 1.54) is 12.4 Å². The summed E-state index contributed by atoms with van der Waals surface area (Å²) in [6.45, 7) is 0.496. The van der Waals surface area contributed by atoms with E-state index in [1.807, 2.05) is 17.8 Å². The Balaban J connectivity index is 1.85. The summed E-state index contributed by atoms with van der Waals surface area (Å²) in [5, 5.41) is 2.75. The zero-order valence-corrected chi connectivity index (χ0v) is 10.00. The van der Waals surface area contributed by atoms with Crippen LogP contribution in [0, 0.1) is 0 Å². The second-order valence-corrected chi connectivity index (χ2v) is 3.79. The van der Waals surface area contributed by atoms with Crippen molar-refractivity contribution in [3.63, 3.8) is 0 Å². The van der Waals surface area contributed by atoms with Gasteiger partial charge in [-0.15, -0.1) is 0 Å². The summed E-state index contributed by atoms with van der Waals surface area (Å²) in [4.78, 5) is 23.6. The van der Waals surface area contributed by atoms with Gasteiger partial charge in [0.2, 0.25) is 0 Å². The summed E-state index contributed by atoms with van der Waals surface area (Å²) >= 11 is 0. The Labute approximate surface area is 104 Å². The van der Waals surface area contributed by atoms with Crippen LogP contribution in [-0.2, 0) is 13.5 Å². The summed E-state index contributed by atoms with van der Waals surface area (Å²) in [5.74, 6) is 0.940. The average Bonchev–Trinajstić information content (AvgIpc) is 2.76. The smallest absolute Gasteiger partial charge is 0.271 e. The van der Waals surface area contributed by atoms with Crippen LogP contribution in [0.2, 0.25) is 0 Å². The summed E-state index contributed by atoms with van der Waals surface area (Å²) < 4.78 is 1.91. The molecule has 2 aromatic rings. The molecule has 0 bridgehead atoms. The number of rotatable bonds is 4. The fourth-order valence-electron chi connectivity index (χ4n) is 1.47. The molecular formula is C11H14N6O. The van der Waals surface area contributed by atoms with Crippen molar-refractivity contribution in [3.05, 3.63) is 36.3 Å². The maximum atomic E-state index is 11.7. The van der Waals surface area contributed by atoms with Gasteiger partial charge < -0.3 is 15.6 Å². The molecule has 7 nitrogen and oxygen atoms in total. The highest BCUT2D eigenvalue weighted by Gasteiger charge is 2.07. The first-order valence-corrected chi connectivity index (χ1v) is 5.49. The molecule has 0 atom stereocenters. The molecule has 0 aromatic carbocycles. The van der Waals surface area contributed by atoms with Crippen LogP contribution in [-0.4, -0.2) is 32.0 Å². The monoisotopic (exact) mass is 246 g/mol. The van der Waals surface area contributed by atoms with E-state index in [9.17, 15) is 4.79 Å². The van der Waals surface area contributed by atoms with Gasteiger partial charge in [-0.2, -0.15) is 0 Å². The molecular weight excluding hydrogens is 232 g/mol. The predicted molar refractivity (Wildman–Crippen MR) is 65.7 cm³/mol. The van der Waals surface area contributed by atoms with Gasteiger partial charge in [0.05, 0.1) is 12.4 Å². The van der Waals surface area contributed by atoms with Gasteiger partial charge >= 0.3 is 0 Å². The second-order valence-electron chi connectivity index (χ2n) is 3.79. The maximum Gasteiger partial charge on any atom is 0.271 e. The molecule has 2 heterocycles. The van der Waals surface area contributed by atoms with E-state index in [2.05, 4.69) is 20.3 Å². The number of hydrogen-bond donors (Lipinski definition) is 2. The van der Waals surface area contributed by atoms with E-state index in [0.717, 1.165) is 5.82 Å². The van der Waals surface area contributed by atoms with Crippen LogP contribution in [0.1, 0.15) is 16.3 Å². The van der Waals surface area contributed by atoms with Crippen molar-refractivity contribution in [2.45, 2.75) is 6.42 Å². The van der Waals surface area contributed by atoms with E-state index in [1.54, 1.807) is 6.20 Å². The van der Waals surface area contributed by atoms with Crippen molar-refractivity contribution in [2.75, 3.05) is 12.3 Å². The third-order valence-electron chi connectivity index (χ3n) is 2.46. The summed E-state index contributed by atoms with van der Waals surface area (Å²) in [5.41, 5.74) is 5.65. The lowest BCUT2D eigenvalue weighted by molar-refractivity contribution is 0.0948. The normalized spacial score (nSPS) is 10.3. The van der Waals surface area contributed by atoms with Crippen LogP contribution in [0.15, 0.2) is 24.8 Å². The number of aryl methyl sites for hydroxylation is 1. The fourth-order valence-corrected chi connectivity index (χ4v) is 1.47. The Kier molecular flexibility index (Phi) is 3.52. The first-order valence-electron chi connectivity index (χ1n) is 5.49. The number of aromatic nitrogens is 4. The van der Waals surface area contributed by atoms with Crippen molar-refractivity contribution in [3.8, 4) is 0 Å². The zero-order chi connectivity index (χ0) is 13.0. The molecule has 94 valence electrons. The third kappa shape index (κ3) is 2.82. The van der Waals surface area contributed by atoms with Gasteiger partial charge in [-0.25, -0.2) is 15.0 Å². The van der Waals surface area contributed by atoms with Gasteiger partial charge in [0.15, 0.2) is 0 Å². The Hall–Kier alpha value is -2.44. The molecule has 0 aliphatic rings. The summed E-state index contributed by atoms with van der Waals surface area (Å²) in [6, 6.07) is 0. The Morgan fingerprint density at radius 2 is 2.22 bits per heavy atom. The van der Waals surface area contributed by atoms with Crippen LogP contribution in [0.4, 0.5) is 5.82 Å². The fraction of sp³-hybridized carbons (Fsp3) is 0.273. The number of nitrogens with one attached hydrogen (secondary N) is 1. The number of carbonyl (C=O) groups is 1. The van der Waals surface area contributed by atoms with Crippen molar-refractivity contribution >= 4 is 11.7 Å². The first kappa shape index (κ1) is 12.0. The molecule has 7 heteroatoms. The van der Waals surface area contributed by atoms with E-state index in [-0.39, 0.29) is 11.6 Å². The highest BCUT2D eigenvalue weighted by molar-refractivity contribution is 5.91. The lowest BCUT2D eigenvalue weighted by Crippen LogP contribution is -2.27. The molecule has 1 amide bonds. The molecule has 0 unspecified atom stereocenters. The molecule has 3 N–H and O–H groups in total. The maximum absolute atomic E-state index is 11.7. The van der Waals surface area contributed by atoms with Crippen LogP contribution in [0.25, 0.3) is 0 Å². The van der Waals surface area contributed by atoms with Crippen LogP contribution < -0.4 is 11.1 Å². The number of carbonyl (C=O) groups excluding carboxylic acids is 1. The molecule has 0 spiro atoms. The van der Waals surface area contributed by atoms with E-state index in [4.69, 9.17) is 5.73 Å². The number of nitrogens with zero attached hydrogens (tertiary/aromatic N) is 4. The number of imidazole rings is 1. The topological polar surface area (TPSA) is 98.7 Å². The van der Waals surface area contributed by atoms with Gasteiger partial charge in [0, 0.05) is 32.4 Å². The molecule has 2 rings (SSSR count). The predicted octanol–water partition coefficient (Wildman–Crippen LogP) is -0.235. The molecule has 2 aromatic heterocycles. The summed E-state index contributed by atoms with van der Waals surface area (Å²) in [6.07, 6.45) is 6.96. The minimum absolute atomic E-state index is 0.254. The Morgan fingerprint density at radius 3 is 2.83 bits per heavy atom. The number of nitrogen functional groups attached to an aromatic ring is 1. The van der Waals surface area contributed by atoms with Gasteiger partial charge in [0.25, 0.3) is 5.91 Å². The zero-order valence-electron chi connectivity index (χ0n) is 10.00. The van der Waals surface area contributed by atoms with Gasteiger partial charge in [0.1, 0.15) is 17.3 Å². The van der Waals surface area contributed by atoms with Crippen molar-refractivity contribution in [1.29, 1.82) is 0 Å². The molecule has 0 saturated carbocycles. The van der Waals surface area contributed by atoms with E-state index in [0.29, 0.717) is 18.8 Å². The molecule has 0 saturated heterocycles. The molecule has 0 aliphatic carbocycles. The van der Waals surface area contributed by atoms with Gasteiger partial charge in [-0.1, -0.05) is 0 Å². The number of nitrogens with two attached hydrogens (primary N) is 1.